The maximum Gasteiger partial charge on any atom is 0.244 e. The molecule has 0 aliphatic carbocycles. The summed E-state index contributed by atoms with van der Waals surface area (Å²) in [7, 11) is 0. The smallest absolute Gasteiger partial charge is 0.244 e. The Morgan fingerprint density at radius 1 is 1.50 bits per heavy atom. The molecule has 0 aliphatic rings. The fraction of sp³-hybridized carbons (Fsp3) is 0.267. The SMILES string of the molecule is CCC(CO)NC(=O)C=Cc1sc2ccccc2c1Cl. The van der Waals surface area contributed by atoms with Gasteiger partial charge in [-0.25, -0.2) is 0 Å². The Morgan fingerprint density at radius 3 is 2.90 bits per heavy atom. The molecule has 2 N–H and O–H groups in total. The van der Waals surface area contributed by atoms with Gasteiger partial charge in [0, 0.05) is 21.0 Å². The van der Waals surface area contributed by atoms with E-state index in [-0.39, 0.29) is 18.6 Å². The van der Waals surface area contributed by atoms with E-state index in [2.05, 4.69) is 5.32 Å². The number of hydrogen-bond donors (Lipinski definition) is 2. The maximum absolute atomic E-state index is 11.7. The van der Waals surface area contributed by atoms with Crippen molar-refractivity contribution in [2.24, 2.45) is 0 Å². The van der Waals surface area contributed by atoms with Crippen LogP contribution in [-0.4, -0.2) is 23.7 Å². The second-order valence-corrected chi connectivity index (χ2v) is 5.87. The van der Waals surface area contributed by atoms with Gasteiger partial charge in [0.2, 0.25) is 5.91 Å². The highest BCUT2D eigenvalue weighted by Gasteiger charge is 2.09. The summed E-state index contributed by atoms with van der Waals surface area (Å²) >= 11 is 7.84. The molecule has 2 aromatic rings. The zero-order valence-corrected chi connectivity index (χ0v) is 12.7. The molecule has 3 nitrogen and oxygen atoms in total. The highest BCUT2D eigenvalue weighted by molar-refractivity contribution is 7.20. The van der Waals surface area contributed by atoms with Gasteiger partial charge in [0.15, 0.2) is 0 Å². The lowest BCUT2D eigenvalue weighted by molar-refractivity contribution is -0.117. The molecule has 0 saturated heterocycles. The topological polar surface area (TPSA) is 49.3 Å². The van der Waals surface area contributed by atoms with E-state index in [9.17, 15) is 4.79 Å². The van der Waals surface area contributed by atoms with E-state index >= 15 is 0 Å². The summed E-state index contributed by atoms with van der Waals surface area (Å²) < 4.78 is 1.10. The highest BCUT2D eigenvalue weighted by Crippen LogP contribution is 2.35. The predicted octanol–water partition coefficient (Wildman–Crippen LogP) is 3.46. The van der Waals surface area contributed by atoms with Crippen LogP contribution >= 0.6 is 22.9 Å². The molecule has 20 heavy (non-hydrogen) atoms. The minimum atomic E-state index is -0.223. The van der Waals surface area contributed by atoms with E-state index in [1.807, 2.05) is 31.2 Å². The van der Waals surface area contributed by atoms with Crippen molar-refractivity contribution in [3.63, 3.8) is 0 Å². The van der Waals surface area contributed by atoms with Crippen LogP contribution in [0.4, 0.5) is 0 Å². The largest absolute Gasteiger partial charge is 0.394 e. The number of hydrogen-bond acceptors (Lipinski definition) is 3. The molecule has 106 valence electrons. The second kappa shape index (κ2) is 6.88. The quantitative estimate of drug-likeness (QED) is 0.831. The minimum Gasteiger partial charge on any atom is -0.394 e. The maximum atomic E-state index is 11.7. The number of carbonyl (C=O) groups is 1. The van der Waals surface area contributed by atoms with E-state index in [1.165, 1.54) is 6.08 Å². The van der Waals surface area contributed by atoms with Gasteiger partial charge in [-0.3, -0.25) is 4.79 Å². The summed E-state index contributed by atoms with van der Waals surface area (Å²) in [6, 6.07) is 7.66. The van der Waals surface area contributed by atoms with Crippen molar-refractivity contribution in [2.75, 3.05) is 6.61 Å². The molecule has 1 atom stereocenters. The monoisotopic (exact) mass is 309 g/mol. The Bertz CT molecular complexity index is 632. The predicted molar refractivity (Wildman–Crippen MR) is 85.2 cm³/mol. The summed E-state index contributed by atoms with van der Waals surface area (Å²) in [5, 5.41) is 13.4. The van der Waals surface area contributed by atoms with Crippen molar-refractivity contribution in [1.82, 2.24) is 5.32 Å². The lowest BCUT2D eigenvalue weighted by Gasteiger charge is -2.11. The summed E-state index contributed by atoms with van der Waals surface area (Å²) in [4.78, 5) is 12.6. The van der Waals surface area contributed by atoms with Gasteiger partial charge >= 0.3 is 0 Å². The molecule has 1 heterocycles. The number of carbonyl (C=O) groups excluding carboxylic acids is 1. The van der Waals surface area contributed by atoms with Crippen molar-refractivity contribution in [2.45, 2.75) is 19.4 Å². The number of halogens is 1. The van der Waals surface area contributed by atoms with Gasteiger partial charge in [-0.05, 0) is 18.6 Å². The van der Waals surface area contributed by atoms with Crippen LogP contribution in [0.2, 0.25) is 5.02 Å². The van der Waals surface area contributed by atoms with Crippen molar-refractivity contribution in [3.8, 4) is 0 Å². The van der Waals surface area contributed by atoms with E-state index in [0.29, 0.717) is 11.4 Å². The first-order chi connectivity index (χ1) is 9.65. The van der Waals surface area contributed by atoms with Crippen LogP contribution < -0.4 is 5.32 Å². The Balaban J connectivity index is 2.13. The molecule has 2 rings (SSSR count). The van der Waals surface area contributed by atoms with Crippen LogP contribution in [-0.2, 0) is 4.79 Å². The Hall–Kier alpha value is -1.36. The Kier molecular flexibility index (Phi) is 5.17. The fourth-order valence-electron chi connectivity index (χ4n) is 1.82. The lowest BCUT2D eigenvalue weighted by atomic mass is 10.2. The molecule has 0 saturated carbocycles. The van der Waals surface area contributed by atoms with Crippen molar-refractivity contribution in [1.29, 1.82) is 0 Å². The molecule has 1 aromatic carbocycles. The molecule has 0 spiro atoms. The first kappa shape index (κ1) is 15.0. The van der Waals surface area contributed by atoms with Crippen LogP contribution in [0.3, 0.4) is 0 Å². The first-order valence-corrected chi connectivity index (χ1v) is 7.61. The Morgan fingerprint density at radius 2 is 2.25 bits per heavy atom. The lowest BCUT2D eigenvalue weighted by Crippen LogP contribution is -2.35. The number of nitrogens with one attached hydrogen (secondary N) is 1. The summed E-state index contributed by atoms with van der Waals surface area (Å²) in [6.07, 6.45) is 3.86. The van der Waals surface area contributed by atoms with E-state index < -0.39 is 0 Å². The van der Waals surface area contributed by atoms with Gasteiger partial charge in [0.05, 0.1) is 17.7 Å². The summed E-state index contributed by atoms with van der Waals surface area (Å²) in [5.74, 6) is -0.223. The molecule has 1 aromatic heterocycles. The Labute approximate surface area is 126 Å². The number of amides is 1. The van der Waals surface area contributed by atoms with Crippen LogP contribution in [0.25, 0.3) is 16.2 Å². The normalized spacial score (nSPS) is 12.9. The fourth-order valence-corrected chi connectivity index (χ4v) is 3.22. The third-order valence-electron chi connectivity index (χ3n) is 3.01. The van der Waals surface area contributed by atoms with E-state index in [0.717, 1.165) is 15.0 Å². The molecule has 1 unspecified atom stereocenters. The van der Waals surface area contributed by atoms with Crippen LogP contribution in [0.1, 0.15) is 18.2 Å². The number of aliphatic hydroxyl groups is 1. The third kappa shape index (κ3) is 3.39. The van der Waals surface area contributed by atoms with Gasteiger partial charge in [-0.2, -0.15) is 0 Å². The molecule has 0 radical (unpaired) electrons. The molecule has 0 fully saturated rings. The number of thiophene rings is 1. The molecule has 0 bridgehead atoms. The highest BCUT2D eigenvalue weighted by atomic mass is 35.5. The average Bonchev–Trinajstić information content (AvgIpc) is 2.79. The van der Waals surface area contributed by atoms with Gasteiger partial charge in [-0.15, -0.1) is 11.3 Å². The van der Waals surface area contributed by atoms with Crippen LogP contribution in [0.5, 0.6) is 0 Å². The zero-order valence-electron chi connectivity index (χ0n) is 11.1. The number of rotatable bonds is 5. The van der Waals surface area contributed by atoms with E-state index in [4.69, 9.17) is 16.7 Å². The number of fused-ring (bicyclic) bond motifs is 1. The average molecular weight is 310 g/mol. The molecule has 0 aliphatic heterocycles. The van der Waals surface area contributed by atoms with Gasteiger partial charge in [-0.1, -0.05) is 36.7 Å². The molecular weight excluding hydrogens is 294 g/mol. The summed E-state index contributed by atoms with van der Waals surface area (Å²) in [6.45, 7) is 1.85. The van der Waals surface area contributed by atoms with Crippen LogP contribution in [0, 0.1) is 0 Å². The van der Waals surface area contributed by atoms with E-state index in [1.54, 1.807) is 17.4 Å². The van der Waals surface area contributed by atoms with Gasteiger partial charge in [0.1, 0.15) is 0 Å². The molecule has 5 heteroatoms. The second-order valence-electron chi connectivity index (χ2n) is 4.41. The number of benzene rings is 1. The number of aliphatic hydroxyl groups excluding tert-OH is 1. The first-order valence-electron chi connectivity index (χ1n) is 6.42. The van der Waals surface area contributed by atoms with Crippen molar-refractivity contribution in [3.05, 3.63) is 40.2 Å². The molecular formula is C15H16ClNO2S. The minimum absolute atomic E-state index is 0.0558. The van der Waals surface area contributed by atoms with Gasteiger partial charge in [0.25, 0.3) is 0 Å². The van der Waals surface area contributed by atoms with Crippen molar-refractivity contribution < 1.29 is 9.90 Å². The van der Waals surface area contributed by atoms with Crippen molar-refractivity contribution >= 4 is 45.0 Å². The molecule has 1 amide bonds. The van der Waals surface area contributed by atoms with Gasteiger partial charge < -0.3 is 10.4 Å². The van der Waals surface area contributed by atoms with Crippen LogP contribution in [0.15, 0.2) is 30.3 Å². The zero-order chi connectivity index (χ0) is 14.5. The third-order valence-corrected chi connectivity index (χ3v) is 4.66. The summed E-state index contributed by atoms with van der Waals surface area (Å²) in [5.41, 5.74) is 0. The standard InChI is InChI=1S/C15H16ClNO2S/c1-2-10(9-18)17-14(19)8-7-13-15(16)11-5-3-4-6-12(11)20-13/h3-8,10,18H,2,9H2,1H3,(H,17,19).